The van der Waals surface area contributed by atoms with Gasteiger partial charge in [-0.1, -0.05) is 18.9 Å². The van der Waals surface area contributed by atoms with E-state index in [4.69, 9.17) is 0 Å². The molecule has 0 aromatic heterocycles. The Morgan fingerprint density at radius 1 is 0.974 bits per heavy atom. The Kier molecular flexibility index (Phi) is 5.73. The third-order valence-electron chi connectivity index (χ3n) is 8.62. The maximum absolute atomic E-state index is 14.0. The first kappa shape index (κ1) is 24.5. The average Bonchev–Trinajstić information content (AvgIpc) is 3.53. The maximum atomic E-state index is 14.0. The van der Waals surface area contributed by atoms with Gasteiger partial charge >= 0.3 is 6.03 Å². The fourth-order valence-corrected chi connectivity index (χ4v) is 6.82. The summed E-state index contributed by atoms with van der Waals surface area (Å²) in [4.78, 5) is 52.4. The molecule has 3 fully saturated rings. The fraction of sp³-hybridized carbons (Fsp3) is 0.429. The lowest BCUT2D eigenvalue weighted by Crippen LogP contribution is -2.51. The van der Waals surface area contributed by atoms with E-state index in [0.717, 1.165) is 42.9 Å². The summed E-state index contributed by atoms with van der Waals surface area (Å²) in [7, 11) is 0. The summed E-state index contributed by atoms with van der Waals surface area (Å²) in [6, 6.07) is 7.44. The van der Waals surface area contributed by atoms with Crippen LogP contribution in [0.1, 0.15) is 61.3 Å². The number of imide groups is 1. The number of anilines is 1. The number of halogens is 2. The molecular weight excluding hydrogens is 494 g/mol. The average molecular weight is 523 g/mol. The van der Waals surface area contributed by atoms with Crippen molar-refractivity contribution in [3.63, 3.8) is 0 Å². The number of nitrogens with one attached hydrogen (secondary N) is 3. The second-order valence-corrected chi connectivity index (χ2v) is 11.1. The highest BCUT2D eigenvalue weighted by Gasteiger charge is 2.51. The molecule has 0 bridgehead atoms. The van der Waals surface area contributed by atoms with Crippen LogP contribution in [0.15, 0.2) is 36.4 Å². The van der Waals surface area contributed by atoms with E-state index in [2.05, 4.69) is 16.0 Å². The number of benzene rings is 2. The van der Waals surface area contributed by atoms with Crippen molar-refractivity contribution in [1.82, 2.24) is 15.5 Å². The van der Waals surface area contributed by atoms with Crippen LogP contribution < -0.4 is 16.0 Å². The second-order valence-electron chi connectivity index (χ2n) is 11.1. The Labute approximate surface area is 218 Å². The number of carbonyl (C=O) groups is 4. The highest BCUT2D eigenvalue weighted by Crippen LogP contribution is 2.50. The maximum Gasteiger partial charge on any atom is 0.322 e. The minimum absolute atomic E-state index is 0.134. The molecular formula is C28H28F2N4O4. The van der Waals surface area contributed by atoms with Crippen LogP contribution in [0.5, 0.6) is 0 Å². The first-order chi connectivity index (χ1) is 18.2. The number of amides is 5. The van der Waals surface area contributed by atoms with Gasteiger partial charge in [0, 0.05) is 30.0 Å². The molecule has 8 nitrogen and oxygen atoms in total. The lowest BCUT2D eigenvalue weighted by molar-refractivity contribution is -0.152. The highest BCUT2D eigenvalue weighted by atomic mass is 19.1. The number of likely N-dealkylation sites (tertiary alicyclic amines) is 1. The lowest BCUT2D eigenvalue weighted by Gasteiger charge is -2.44. The number of rotatable bonds is 4. The van der Waals surface area contributed by atoms with Crippen LogP contribution in [0, 0.1) is 17.0 Å². The summed E-state index contributed by atoms with van der Waals surface area (Å²) >= 11 is 0. The van der Waals surface area contributed by atoms with Gasteiger partial charge in [0.15, 0.2) is 0 Å². The van der Waals surface area contributed by atoms with Gasteiger partial charge in [-0.15, -0.1) is 0 Å². The molecule has 2 aromatic rings. The molecule has 2 aliphatic heterocycles. The standard InChI is InChI=1S/C28H28F2N4O4/c29-19-9-17(10-20(30)12-19)22-5-8-27(6-1-2-7-27)25(37)34(22)15-23(35)31-21-4-3-16-13-28(14-18(16)11-21)24(36)32-26(38)33-28/h3-4,9-12,22H,1-2,5-8,13-15H2,(H,31,35)(H2,32,33,36,38). The number of piperidine rings is 1. The van der Waals surface area contributed by atoms with Crippen molar-refractivity contribution in [3.8, 4) is 0 Å². The second kappa shape index (κ2) is 8.89. The van der Waals surface area contributed by atoms with E-state index >= 15 is 0 Å². The molecule has 2 atom stereocenters. The van der Waals surface area contributed by atoms with Crippen molar-refractivity contribution in [2.75, 3.05) is 11.9 Å². The molecule has 4 aliphatic rings. The van der Waals surface area contributed by atoms with Crippen molar-refractivity contribution < 1.29 is 28.0 Å². The molecule has 2 aliphatic carbocycles. The van der Waals surface area contributed by atoms with Gasteiger partial charge in [-0.25, -0.2) is 13.6 Å². The van der Waals surface area contributed by atoms with Gasteiger partial charge in [-0.05, 0) is 66.6 Å². The van der Waals surface area contributed by atoms with Gasteiger partial charge < -0.3 is 15.5 Å². The Hall–Kier alpha value is -3.82. The predicted molar refractivity (Wildman–Crippen MR) is 133 cm³/mol. The highest BCUT2D eigenvalue weighted by molar-refractivity contribution is 6.08. The first-order valence-corrected chi connectivity index (χ1v) is 13.0. The normalized spacial score (nSPS) is 25.6. The number of fused-ring (bicyclic) bond motifs is 1. The van der Waals surface area contributed by atoms with Crippen molar-refractivity contribution in [2.24, 2.45) is 5.41 Å². The Morgan fingerprint density at radius 2 is 1.68 bits per heavy atom. The van der Waals surface area contributed by atoms with Crippen molar-refractivity contribution in [1.29, 1.82) is 0 Å². The molecule has 2 spiro atoms. The smallest absolute Gasteiger partial charge is 0.322 e. The van der Waals surface area contributed by atoms with Crippen molar-refractivity contribution >= 4 is 29.4 Å². The minimum Gasteiger partial charge on any atom is -0.326 e. The van der Waals surface area contributed by atoms with Gasteiger partial charge in [0.05, 0.1) is 6.04 Å². The number of urea groups is 1. The molecule has 3 N–H and O–H groups in total. The van der Waals surface area contributed by atoms with E-state index in [0.29, 0.717) is 36.9 Å². The summed E-state index contributed by atoms with van der Waals surface area (Å²) < 4.78 is 28.1. The van der Waals surface area contributed by atoms with Crippen molar-refractivity contribution in [2.45, 2.75) is 62.9 Å². The third-order valence-corrected chi connectivity index (χ3v) is 8.62. The summed E-state index contributed by atoms with van der Waals surface area (Å²) in [5.41, 5.74) is 1.07. The Morgan fingerprint density at radius 3 is 2.37 bits per heavy atom. The summed E-state index contributed by atoms with van der Waals surface area (Å²) in [5, 5.41) is 7.84. The van der Waals surface area contributed by atoms with E-state index in [1.807, 2.05) is 6.07 Å². The van der Waals surface area contributed by atoms with Gasteiger partial charge in [0.2, 0.25) is 11.8 Å². The topological polar surface area (TPSA) is 108 Å². The first-order valence-electron chi connectivity index (χ1n) is 13.0. The van der Waals surface area contributed by atoms with E-state index in [1.165, 1.54) is 17.0 Å². The number of nitrogens with zero attached hydrogens (tertiary/aromatic N) is 1. The zero-order valence-corrected chi connectivity index (χ0v) is 20.7. The van der Waals surface area contributed by atoms with Crippen LogP contribution >= 0.6 is 0 Å². The fourth-order valence-electron chi connectivity index (χ4n) is 6.82. The number of hydrogen-bond donors (Lipinski definition) is 3. The van der Waals surface area contributed by atoms with Gasteiger partial charge in [-0.3, -0.25) is 19.7 Å². The Balaban J connectivity index is 1.22. The van der Waals surface area contributed by atoms with Crippen molar-refractivity contribution in [3.05, 3.63) is 64.7 Å². The van der Waals surface area contributed by atoms with Gasteiger partial charge in [-0.2, -0.15) is 0 Å². The number of carbonyl (C=O) groups excluding carboxylic acids is 4. The molecule has 38 heavy (non-hydrogen) atoms. The molecule has 2 heterocycles. The third kappa shape index (κ3) is 4.12. The molecule has 2 unspecified atom stereocenters. The molecule has 2 saturated heterocycles. The molecule has 198 valence electrons. The SMILES string of the molecule is O=C(CN1C(=O)C2(CCCC2)CCC1c1cc(F)cc(F)c1)Nc1ccc2c(c1)CC1(C2)NC(=O)NC1=O. The van der Waals surface area contributed by atoms with Crippen LogP contribution in [-0.4, -0.2) is 40.7 Å². The monoisotopic (exact) mass is 522 g/mol. The largest absolute Gasteiger partial charge is 0.326 e. The molecule has 2 aromatic carbocycles. The van der Waals surface area contributed by atoms with E-state index < -0.39 is 40.6 Å². The van der Waals surface area contributed by atoms with E-state index in [-0.39, 0.29) is 18.4 Å². The summed E-state index contributed by atoms with van der Waals surface area (Å²) in [6.45, 7) is -0.247. The zero-order valence-electron chi connectivity index (χ0n) is 20.7. The van der Waals surface area contributed by atoms with Crippen LogP contribution in [0.25, 0.3) is 0 Å². The van der Waals surface area contributed by atoms with Crippen LogP contribution in [0.4, 0.5) is 19.3 Å². The molecule has 5 amide bonds. The minimum atomic E-state index is -1.01. The van der Waals surface area contributed by atoms with E-state index in [9.17, 15) is 28.0 Å². The predicted octanol–water partition coefficient (Wildman–Crippen LogP) is 3.50. The summed E-state index contributed by atoms with van der Waals surface area (Å²) in [5.74, 6) is -2.37. The molecule has 10 heteroatoms. The van der Waals surface area contributed by atoms with Gasteiger partial charge in [0.25, 0.3) is 5.91 Å². The molecule has 0 radical (unpaired) electrons. The zero-order chi connectivity index (χ0) is 26.7. The lowest BCUT2D eigenvalue weighted by atomic mass is 9.74. The number of hydrogen-bond acceptors (Lipinski definition) is 4. The van der Waals surface area contributed by atoms with Crippen LogP contribution in [-0.2, 0) is 27.2 Å². The quantitative estimate of drug-likeness (QED) is 0.534. The van der Waals surface area contributed by atoms with Crippen LogP contribution in [0.2, 0.25) is 0 Å². The van der Waals surface area contributed by atoms with E-state index in [1.54, 1.807) is 12.1 Å². The van der Waals surface area contributed by atoms with Gasteiger partial charge in [0.1, 0.15) is 23.7 Å². The Bertz CT molecular complexity index is 1350. The summed E-state index contributed by atoms with van der Waals surface area (Å²) in [6.07, 6.45) is 5.23. The van der Waals surface area contributed by atoms with Crippen LogP contribution in [0.3, 0.4) is 0 Å². The molecule has 6 rings (SSSR count). The molecule has 1 saturated carbocycles.